The number of fused-ring (bicyclic) bond motifs is 2. The largest absolute Gasteiger partial charge is 0.327 e. The third kappa shape index (κ3) is 2.74. The van der Waals surface area contributed by atoms with Crippen molar-refractivity contribution in [2.75, 3.05) is 60.4 Å². The number of nitrogens with two attached hydrogens (primary N) is 1. The second-order valence-corrected chi connectivity index (χ2v) is 5.88. The lowest BCUT2D eigenvalue weighted by molar-refractivity contribution is 0.0216. The van der Waals surface area contributed by atoms with Gasteiger partial charge in [-0.25, -0.2) is 0 Å². The zero-order valence-electron chi connectivity index (χ0n) is 10.9. The van der Waals surface area contributed by atoms with Gasteiger partial charge in [0.2, 0.25) is 0 Å². The number of rotatable bonds is 3. The molecule has 16 heavy (non-hydrogen) atoms. The van der Waals surface area contributed by atoms with Crippen LogP contribution < -0.4 is 5.73 Å². The highest BCUT2D eigenvalue weighted by atomic mass is 15.2. The van der Waals surface area contributed by atoms with Crippen LogP contribution >= 0.6 is 0 Å². The summed E-state index contributed by atoms with van der Waals surface area (Å²) in [4.78, 5) is 7.31. The van der Waals surface area contributed by atoms with E-state index in [4.69, 9.17) is 5.73 Å². The first-order valence-corrected chi connectivity index (χ1v) is 6.37. The molecule has 0 amide bonds. The quantitative estimate of drug-likeness (QED) is 0.695. The van der Waals surface area contributed by atoms with Gasteiger partial charge < -0.3 is 20.4 Å². The molecule has 2 aliphatic rings. The van der Waals surface area contributed by atoms with Crippen LogP contribution in [0.3, 0.4) is 0 Å². The normalized spacial score (nSPS) is 36.9. The summed E-state index contributed by atoms with van der Waals surface area (Å²) in [6.07, 6.45) is 0. The molecule has 4 nitrogen and oxygen atoms in total. The van der Waals surface area contributed by atoms with Gasteiger partial charge in [-0.15, -0.1) is 0 Å². The lowest BCUT2D eigenvalue weighted by atomic mass is 9.80. The molecule has 2 bridgehead atoms. The zero-order valence-corrected chi connectivity index (χ0v) is 10.9. The third-order valence-corrected chi connectivity index (χ3v) is 4.03. The van der Waals surface area contributed by atoms with Gasteiger partial charge in [-0.05, 0) is 33.0 Å². The molecule has 2 heterocycles. The van der Waals surface area contributed by atoms with Crippen molar-refractivity contribution in [3.63, 3.8) is 0 Å². The predicted octanol–water partition coefficient (Wildman–Crippen LogP) is -0.631. The Bertz CT molecular complexity index is 215. The first kappa shape index (κ1) is 12.3. The Morgan fingerprint density at radius 1 is 1.12 bits per heavy atom. The van der Waals surface area contributed by atoms with E-state index in [1.807, 2.05) is 0 Å². The maximum atomic E-state index is 6.30. The lowest BCUT2D eigenvalue weighted by Crippen LogP contribution is -2.62. The number of hydrogen-bond acceptors (Lipinski definition) is 4. The lowest BCUT2D eigenvalue weighted by Gasteiger charge is -2.49. The summed E-state index contributed by atoms with van der Waals surface area (Å²) >= 11 is 0. The van der Waals surface area contributed by atoms with Gasteiger partial charge in [0.1, 0.15) is 0 Å². The van der Waals surface area contributed by atoms with Crippen molar-refractivity contribution in [1.29, 1.82) is 0 Å². The Labute approximate surface area is 99.4 Å². The van der Waals surface area contributed by atoms with Crippen molar-refractivity contribution >= 4 is 0 Å². The first-order valence-electron chi connectivity index (χ1n) is 6.37. The molecule has 2 unspecified atom stereocenters. The number of nitrogens with zero attached hydrogens (tertiary/aromatic N) is 3. The Kier molecular flexibility index (Phi) is 3.85. The Morgan fingerprint density at radius 2 is 1.69 bits per heavy atom. The van der Waals surface area contributed by atoms with Crippen molar-refractivity contribution in [3.05, 3.63) is 0 Å². The van der Waals surface area contributed by atoms with Crippen LogP contribution in [0.1, 0.15) is 0 Å². The van der Waals surface area contributed by atoms with E-state index in [-0.39, 0.29) is 0 Å². The van der Waals surface area contributed by atoms with E-state index in [1.165, 1.54) is 32.7 Å². The second kappa shape index (κ2) is 5.00. The van der Waals surface area contributed by atoms with Crippen LogP contribution in [0.15, 0.2) is 0 Å². The Morgan fingerprint density at radius 3 is 2.19 bits per heavy atom. The molecule has 4 heteroatoms. The molecule has 0 aliphatic carbocycles. The third-order valence-electron chi connectivity index (χ3n) is 4.03. The molecule has 2 aliphatic heterocycles. The van der Waals surface area contributed by atoms with Crippen LogP contribution in [-0.4, -0.2) is 81.2 Å². The number of piperidine rings is 2. The van der Waals surface area contributed by atoms with Crippen molar-refractivity contribution in [2.45, 2.75) is 6.04 Å². The van der Waals surface area contributed by atoms with Crippen LogP contribution in [0, 0.1) is 11.8 Å². The summed E-state index contributed by atoms with van der Waals surface area (Å²) in [7, 11) is 6.51. The molecule has 0 aromatic carbocycles. The van der Waals surface area contributed by atoms with Crippen LogP contribution in [0.5, 0.6) is 0 Å². The highest BCUT2D eigenvalue weighted by Crippen LogP contribution is 2.26. The standard InChI is InChI=1S/C12H26N4/c1-14(2)4-5-16-8-10-6-15(3)7-11(9-16)12(10)13/h10-12H,4-9,13H2,1-3H3. The number of likely N-dealkylation sites (N-methyl/N-ethyl adjacent to an activating group) is 1. The van der Waals surface area contributed by atoms with E-state index in [0.717, 1.165) is 6.54 Å². The van der Waals surface area contributed by atoms with Gasteiger partial charge in [0.25, 0.3) is 0 Å². The van der Waals surface area contributed by atoms with Gasteiger partial charge >= 0.3 is 0 Å². The van der Waals surface area contributed by atoms with Crippen molar-refractivity contribution in [2.24, 2.45) is 17.6 Å². The maximum Gasteiger partial charge on any atom is 0.0145 e. The van der Waals surface area contributed by atoms with Crippen LogP contribution in [0.4, 0.5) is 0 Å². The average molecular weight is 226 g/mol. The summed E-state index contributed by atoms with van der Waals surface area (Å²) in [6.45, 7) is 7.08. The van der Waals surface area contributed by atoms with E-state index in [2.05, 4.69) is 35.8 Å². The molecule has 2 rings (SSSR count). The van der Waals surface area contributed by atoms with Gasteiger partial charge in [0.15, 0.2) is 0 Å². The molecular weight excluding hydrogens is 200 g/mol. The van der Waals surface area contributed by atoms with Gasteiger partial charge in [-0.1, -0.05) is 0 Å². The monoisotopic (exact) mass is 226 g/mol. The van der Waals surface area contributed by atoms with Crippen LogP contribution in [0.25, 0.3) is 0 Å². The first-order chi connectivity index (χ1) is 7.56. The molecule has 2 atom stereocenters. The molecule has 0 radical (unpaired) electrons. The minimum atomic E-state index is 0.437. The molecule has 2 fully saturated rings. The molecule has 94 valence electrons. The fraction of sp³-hybridized carbons (Fsp3) is 1.00. The Hall–Kier alpha value is -0.160. The molecule has 2 saturated heterocycles. The minimum absolute atomic E-state index is 0.437. The minimum Gasteiger partial charge on any atom is -0.327 e. The van der Waals surface area contributed by atoms with Gasteiger partial charge in [0, 0.05) is 45.3 Å². The fourth-order valence-electron chi connectivity index (χ4n) is 3.12. The van der Waals surface area contributed by atoms with E-state index >= 15 is 0 Å². The van der Waals surface area contributed by atoms with E-state index in [9.17, 15) is 0 Å². The summed E-state index contributed by atoms with van der Waals surface area (Å²) < 4.78 is 0. The number of likely N-dealkylation sites (tertiary alicyclic amines) is 2. The second-order valence-electron chi connectivity index (χ2n) is 5.88. The highest BCUT2D eigenvalue weighted by molar-refractivity contribution is 4.95. The number of hydrogen-bond donors (Lipinski definition) is 1. The Balaban J connectivity index is 1.88. The highest BCUT2D eigenvalue weighted by Gasteiger charge is 2.38. The molecule has 0 aromatic heterocycles. The summed E-state index contributed by atoms with van der Waals surface area (Å²) in [6, 6.07) is 0.437. The zero-order chi connectivity index (χ0) is 11.7. The summed E-state index contributed by atoms with van der Waals surface area (Å²) in [5, 5.41) is 0. The van der Waals surface area contributed by atoms with Crippen molar-refractivity contribution in [1.82, 2.24) is 14.7 Å². The SMILES string of the molecule is CN(C)CCN1CC2CN(C)CC(C1)C2N. The van der Waals surface area contributed by atoms with Gasteiger partial charge in [-0.3, -0.25) is 0 Å². The van der Waals surface area contributed by atoms with Gasteiger partial charge in [-0.2, -0.15) is 0 Å². The van der Waals surface area contributed by atoms with E-state index in [0.29, 0.717) is 17.9 Å². The van der Waals surface area contributed by atoms with Crippen molar-refractivity contribution < 1.29 is 0 Å². The smallest absolute Gasteiger partial charge is 0.0145 e. The predicted molar refractivity (Wildman–Crippen MR) is 67.4 cm³/mol. The molecule has 0 aromatic rings. The van der Waals surface area contributed by atoms with Crippen LogP contribution in [-0.2, 0) is 0 Å². The van der Waals surface area contributed by atoms with E-state index < -0.39 is 0 Å². The molecule has 2 N–H and O–H groups in total. The van der Waals surface area contributed by atoms with E-state index in [1.54, 1.807) is 0 Å². The average Bonchev–Trinajstić information content (AvgIpc) is 2.17. The molecule has 0 saturated carbocycles. The molecule has 0 spiro atoms. The van der Waals surface area contributed by atoms with Gasteiger partial charge in [0.05, 0.1) is 0 Å². The molecular formula is C12H26N4. The maximum absolute atomic E-state index is 6.30. The fourth-order valence-corrected chi connectivity index (χ4v) is 3.12. The van der Waals surface area contributed by atoms with Crippen molar-refractivity contribution in [3.8, 4) is 0 Å². The van der Waals surface area contributed by atoms with Crippen LogP contribution in [0.2, 0.25) is 0 Å². The summed E-state index contributed by atoms with van der Waals surface area (Å²) in [5.74, 6) is 1.36. The summed E-state index contributed by atoms with van der Waals surface area (Å²) in [5.41, 5.74) is 6.30. The topological polar surface area (TPSA) is 35.7 Å².